The highest BCUT2D eigenvalue weighted by Gasteiger charge is 2.08. The Balaban J connectivity index is 0.000000397. The van der Waals surface area contributed by atoms with Crippen LogP contribution < -0.4 is 0 Å². The van der Waals surface area contributed by atoms with E-state index in [1.54, 1.807) is 35.2 Å². The van der Waals surface area contributed by atoms with Crippen molar-refractivity contribution in [1.29, 1.82) is 0 Å². The normalized spacial score (nSPS) is 11.8. The van der Waals surface area contributed by atoms with Gasteiger partial charge in [0, 0.05) is 25.0 Å². The molecule has 0 atom stereocenters. The van der Waals surface area contributed by atoms with Crippen molar-refractivity contribution >= 4 is 43.6 Å². The first-order valence-corrected chi connectivity index (χ1v) is 14.0. The first kappa shape index (κ1) is 31.4. The molecule has 4 aromatic rings. The number of hydrogen-bond acceptors (Lipinski definition) is 11. The molecule has 0 unspecified atom stereocenters. The largest absolute Gasteiger partial charge is 0.506 e. The van der Waals surface area contributed by atoms with Gasteiger partial charge in [0.25, 0.3) is 10.1 Å². The molecule has 4 rings (SSSR count). The van der Waals surface area contributed by atoms with Gasteiger partial charge in [-0.3, -0.25) is 9.45 Å². The number of aliphatic hydroxyl groups is 3. The molecule has 0 saturated heterocycles. The Kier molecular flexibility index (Phi) is 12.0. The summed E-state index contributed by atoms with van der Waals surface area (Å²) in [5, 5.41) is 53.9. The maximum Gasteiger partial charge on any atom is 0.294 e. The number of aliphatic hydroxyl groups excluding tert-OH is 3. The van der Waals surface area contributed by atoms with Crippen molar-refractivity contribution in [3.63, 3.8) is 0 Å². The van der Waals surface area contributed by atoms with E-state index in [-0.39, 0.29) is 30.5 Å². The minimum absolute atomic E-state index is 0.0490. The summed E-state index contributed by atoms with van der Waals surface area (Å²) in [4.78, 5) is 1.58. The van der Waals surface area contributed by atoms with Crippen LogP contribution in [0.25, 0.3) is 10.8 Å². The summed E-state index contributed by atoms with van der Waals surface area (Å²) < 4.78 is 31.1. The number of rotatable bonds is 11. The van der Waals surface area contributed by atoms with Gasteiger partial charge < -0.3 is 20.4 Å². The Morgan fingerprint density at radius 1 is 0.610 bits per heavy atom. The first-order valence-electron chi connectivity index (χ1n) is 12.5. The molecule has 12 nitrogen and oxygen atoms in total. The van der Waals surface area contributed by atoms with Crippen LogP contribution >= 0.6 is 0 Å². The Morgan fingerprint density at radius 2 is 1.07 bits per heavy atom. The molecule has 4 aromatic carbocycles. The minimum Gasteiger partial charge on any atom is -0.506 e. The number of hydrogen-bond donors (Lipinski definition) is 5. The van der Waals surface area contributed by atoms with E-state index in [1.165, 1.54) is 24.3 Å². The van der Waals surface area contributed by atoms with E-state index in [0.29, 0.717) is 42.4 Å². The second-order valence-corrected chi connectivity index (χ2v) is 9.97. The fourth-order valence-corrected chi connectivity index (χ4v) is 4.08. The van der Waals surface area contributed by atoms with Gasteiger partial charge in [-0.15, -0.1) is 5.11 Å². The average molecular weight is 582 g/mol. The SMILES string of the molecule is O=S(=O)(O)c1ccc(N=Nc2ccc(N=Nc3c(O)ccc4ccccc34)cc2)cc1.OCCN(CCO)CCO. The molecule has 0 saturated carbocycles. The second kappa shape index (κ2) is 15.6. The first-order chi connectivity index (χ1) is 19.7. The number of fused-ring (bicyclic) bond motifs is 1. The fourth-order valence-electron chi connectivity index (χ4n) is 3.60. The van der Waals surface area contributed by atoms with Crippen LogP contribution in [0.4, 0.5) is 22.7 Å². The maximum atomic E-state index is 11.1. The van der Waals surface area contributed by atoms with E-state index in [4.69, 9.17) is 19.9 Å². The lowest BCUT2D eigenvalue weighted by Gasteiger charge is -2.17. The standard InChI is InChI=1S/C22H16N4O4S.C6H15NO3/c27-21-14-5-15-3-1-2-4-20(15)22(21)26-25-17-8-6-16(7-9-17)23-24-18-10-12-19(13-11-18)31(28,29)30;8-4-1-7(2-5-9)3-6-10/h1-14,27H,(H,28,29,30);8-10H,1-6H2. The van der Waals surface area contributed by atoms with Gasteiger partial charge in [-0.2, -0.15) is 23.8 Å². The smallest absolute Gasteiger partial charge is 0.294 e. The Labute approximate surface area is 237 Å². The third kappa shape index (κ3) is 9.79. The van der Waals surface area contributed by atoms with E-state index in [2.05, 4.69) is 20.5 Å². The number of benzene rings is 4. The van der Waals surface area contributed by atoms with E-state index < -0.39 is 10.1 Å². The Bertz CT molecular complexity index is 1550. The lowest BCUT2D eigenvalue weighted by Crippen LogP contribution is -2.32. The van der Waals surface area contributed by atoms with E-state index in [1.807, 2.05) is 30.3 Å². The van der Waals surface area contributed by atoms with Gasteiger partial charge in [0.05, 0.1) is 41.8 Å². The predicted molar refractivity (Wildman–Crippen MR) is 154 cm³/mol. The van der Waals surface area contributed by atoms with Crippen LogP contribution in [0.5, 0.6) is 5.75 Å². The molecule has 0 aliphatic heterocycles. The van der Waals surface area contributed by atoms with Crippen LogP contribution in [-0.2, 0) is 10.1 Å². The predicted octanol–water partition coefficient (Wildman–Crippen LogP) is 4.89. The molecule has 0 fully saturated rings. The number of phenolic OH excluding ortho intramolecular Hbond substituents is 1. The lowest BCUT2D eigenvalue weighted by atomic mass is 10.1. The van der Waals surface area contributed by atoms with Gasteiger partial charge in [0.15, 0.2) is 0 Å². The van der Waals surface area contributed by atoms with Crippen molar-refractivity contribution in [2.75, 3.05) is 39.5 Å². The molecule has 0 spiro atoms. The van der Waals surface area contributed by atoms with Crippen molar-refractivity contribution in [3.05, 3.63) is 84.9 Å². The Morgan fingerprint density at radius 3 is 1.56 bits per heavy atom. The average Bonchev–Trinajstić information content (AvgIpc) is 2.97. The second-order valence-electron chi connectivity index (χ2n) is 8.55. The van der Waals surface area contributed by atoms with Crippen molar-refractivity contribution in [2.24, 2.45) is 20.5 Å². The molecular formula is C28H31N5O7S. The molecule has 0 bridgehead atoms. The quantitative estimate of drug-likeness (QED) is 0.122. The Hall–Kier alpha value is -4.11. The molecule has 0 aromatic heterocycles. The molecular weight excluding hydrogens is 550 g/mol. The molecule has 0 amide bonds. The van der Waals surface area contributed by atoms with Crippen molar-refractivity contribution < 1.29 is 33.4 Å². The fraction of sp³-hybridized carbons (Fsp3) is 0.214. The van der Waals surface area contributed by atoms with Crippen LogP contribution in [0.1, 0.15) is 0 Å². The summed E-state index contributed by atoms with van der Waals surface area (Å²) in [6, 6.07) is 23.2. The molecule has 0 heterocycles. The zero-order valence-corrected chi connectivity index (χ0v) is 22.8. The summed E-state index contributed by atoms with van der Waals surface area (Å²) in [7, 11) is -4.24. The number of azo groups is 2. The summed E-state index contributed by atoms with van der Waals surface area (Å²) in [5.74, 6) is 0.0490. The van der Waals surface area contributed by atoms with E-state index >= 15 is 0 Å². The summed E-state index contributed by atoms with van der Waals surface area (Å²) in [6.07, 6.45) is 0. The van der Waals surface area contributed by atoms with Gasteiger partial charge in [-0.25, -0.2) is 0 Å². The van der Waals surface area contributed by atoms with Crippen LogP contribution in [0.15, 0.2) is 110 Å². The molecule has 41 heavy (non-hydrogen) atoms. The summed E-state index contributed by atoms with van der Waals surface area (Å²) in [6.45, 7) is 1.75. The highest BCUT2D eigenvalue weighted by Crippen LogP contribution is 2.36. The van der Waals surface area contributed by atoms with Gasteiger partial charge in [-0.1, -0.05) is 30.3 Å². The zero-order valence-electron chi connectivity index (χ0n) is 22.0. The van der Waals surface area contributed by atoms with Crippen LogP contribution in [0, 0.1) is 0 Å². The van der Waals surface area contributed by atoms with Gasteiger partial charge in [-0.05, 0) is 60.0 Å². The van der Waals surface area contributed by atoms with Gasteiger partial charge >= 0.3 is 0 Å². The minimum atomic E-state index is -4.24. The number of aromatic hydroxyl groups is 1. The van der Waals surface area contributed by atoms with Crippen molar-refractivity contribution in [1.82, 2.24) is 4.90 Å². The number of nitrogens with zero attached hydrogens (tertiary/aromatic N) is 5. The van der Waals surface area contributed by atoms with Gasteiger partial charge in [0.1, 0.15) is 11.4 Å². The molecule has 13 heteroatoms. The molecule has 216 valence electrons. The maximum absolute atomic E-state index is 11.1. The highest BCUT2D eigenvalue weighted by molar-refractivity contribution is 7.85. The molecule has 0 aliphatic carbocycles. The lowest BCUT2D eigenvalue weighted by molar-refractivity contribution is 0.136. The number of phenols is 1. The monoisotopic (exact) mass is 581 g/mol. The topological polar surface area (TPSA) is 188 Å². The molecule has 0 radical (unpaired) electrons. The van der Waals surface area contributed by atoms with Crippen molar-refractivity contribution in [3.8, 4) is 5.75 Å². The molecule has 0 aliphatic rings. The van der Waals surface area contributed by atoms with Gasteiger partial charge in [0.2, 0.25) is 0 Å². The highest BCUT2D eigenvalue weighted by atomic mass is 32.2. The van der Waals surface area contributed by atoms with Crippen LogP contribution in [0.2, 0.25) is 0 Å². The zero-order chi connectivity index (χ0) is 29.7. The van der Waals surface area contributed by atoms with Crippen molar-refractivity contribution in [2.45, 2.75) is 4.90 Å². The van der Waals surface area contributed by atoms with E-state index in [9.17, 15) is 13.5 Å². The van der Waals surface area contributed by atoms with E-state index in [0.717, 1.165) is 10.8 Å². The van der Waals surface area contributed by atoms with Crippen LogP contribution in [-0.4, -0.2) is 77.8 Å². The third-order valence-electron chi connectivity index (χ3n) is 5.66. The third-order valence-corrected chi connectivity index (χ3v) is 6.53. The summed E-state index contributed by atoms with van der Waals surface area (Å²) in [5.41, 5.74) is 1.97. The summed E-state index contributed by atoms with van der Waals surface area (Å²) >= 11 is 0. The molecule has 5 N–H and O–H groups in total. The van der Waals surface area contributed by atoms with Crippen LogP contribution in [0.3, 0.4) is 0 Å².